The molecule has 21 nitrogen and oxygen atoms in total. The quantitative estimate of drug-likeness (QED) is 0.0232. The Hall–Kier alpha value is -7.71. The van der Waals surface area contributed by atoms with Gasteiger partial charge in [0.05, 0.1) is 5.69 Å². The van der Waals surface area contributed by atoms with Crippen LogP contribution in [0.1, 0.15) is 157 Å². The number of carbonyl (C=O) groups excluding carboxylic acids is 8. The van der Waals surface area contributed by atoms with Gasteiger partial charge in [-0.2, -0.15) is 0 Å². The second-order valence-corrected chi connectivity index (χ2v) is 21.6. The minimum absolute atomic E-state index is 0.0525. The smallest absolute Gasteiger partial charge is 0.414 e. The van der Waals surface area contributed by atoms with Gasteiger partial charge in [0.25, 0.3) is 23.6 Å². The van der Waals surface area contributed by atoms with Crippen LogP contribution in [0.15, 0.2) is 71.7 Å². The Labute approximate surface area is 444 Å². The van der Waals surface area contributed by atoms with E-state index in [1.165, 1.54) is 0 Å². The van der Waals surface area contributed by atoms with Crippen molar-refractivity contribution in [3.8, 4) is 5.75 Å². The number of guanidine groups is 1. The van der Waals surface area contributed by atoms with Crippen LogP contribution in [0.4, 0.5) is 25.8 Å². The maximum Gasteiger partial charge on any atom is 0.414 e. The van der Waals surface area contributed by atoms with Crippen LogP contribution in [-0.2, 0) is 30.3 Å². The zero-order valence-electron chi connectivity index (χ0n) is 45.2. The number of hydrogen-bond donors (Lipinski definition) is 7. The van der Waals surface area contributed by atoms with Crippen LogP contribution in [-0.4, -0.2) is 114 Å². The summed E-state index contributed by atoms with van der Waals surface area (Å²) in [6.07, 6.45) is 3.70. The summed E-state index contributed by atoms with van der Waals surface area (Å²) in [4.78, 5) is 109. The number of benzene rings is 3. The Bertz CT molecular complexity index is 2550. The summed E-state index contributed by atoms with van der Waals surface area (Å²) in [5.41, 5.74) is 0.698. The third-order valence-corrected chi connectivity index (χ3v) is 11.2. The summed E-state index contributed by atoms with van der Waals surface area (Å²) >= 11 is 0. The molecule has 1 saturated carbocycles. The van der Waals surface area contributed by atoms with Gasteiger partial charge in [-0.15, -0.1) is 0 Å². The van der Waals surface area contributed by atoms with Gasteiger partial charge in [-0.3, -0.25) is 39.6 Å². The van der Waals surface area contributed by atoms with Crippen molar-refractivity contribution >= 4 is 65.1 Å². The SMILES string of the molecule is CC(C)(C)OC(=O)NC(=NCCC[C@H](NC(=O)OC(C)(C)C)C(=O)NCCCCCCCNC(=O)c1cccc(NC(=O)c2ccc(CN(C(=O)c3ccc4c(c3)OCC(=O)N4)C3CC3)cc2)c1)NC(=O)OC(C)(C)C. The highest BCUT2D eigenvalue weighted by Crippen LogP contribution is 2.33. The molecule has 5 rings (SSSR count). The fraction of sp³-hybridized carbons (Fsp3) is 0.509. The number of ether oxygens (including phenoxy) is 4. The lowest BCUT2D eigenvalue weighted by Gasteiger charge is -2.24. The van der Waals surface area contributed by atoms with Gasteiger partial charge >= 0.3 is 18.3 Å². The van der Waals surface area contributed by atoms with E-state index in [2.05, 4.69) is 42.2 Å². The van der Waals surface area contributed by atoms with Crippen LogP contribution < -0.4 is 42.0 Å². The van der Waals surface area contributed by atoms with Gasteiger partial charge in [-0.25, -0.2) is 14.4 Å². The Kier molecular flexibility index (Phi) is 21.2. The normalized spacial score (nSPS) is 13.5. The van der Waals surface area contributed by atoms with Gasteiger partial charge in [-0.05, 0) is 155 Å². The average Bonchev–Trinajstić information content (AvgIpc) is 4.17. The van der Waals surface area contributed by atoms with E-state index in [1.54, 1.807) is 117 Å². The number of alkyl carbamates (subject to hydrolysis) is 3. The van der Waals surface area contributed by atoms with Crippen LogP contribution in [0, 0.1) is 0 Å². The molecule has 0 spiro atoms. The first kappa shape index (κ1) is 59.2. The van der Waals surface area contributed by atoms with Gasteiger partial charge in [0, 0.05) is 54.6 Å². The number of anilines is 2. The van der Waals surface area contributed by atoms with Crippen LogP contribution in [0.3, 0.4) is 0 Å². The van der Waals surface area contributed by atoms with Crippen molar-refractivity contribution < 1.29 is 57.3 Å². The number of nitrogens with one attached hydrogen (secondary N) is 7. The molecule has 2 aliphatic rings. The van der Waals surface area contributed by atoms with E-state index in [1.807, 2.05) is 17.0 Å². The van der Waals surface area contributed by atoms with Crippen molar-refractivity contribution in [2.45, 2.75) is 156 Å². The van der Waals surface area contributed by atoms with Crippen LogP contribution >= 0.6 is 0 Å². The molecule has 0 radical (unpaired) electrons. The molecule has 3 aromatic carbocycles. The van der Waals surface area contributed by atoms with Crippen molar-refractivity contribution in [2.24, 2.45) is 4.99 Å². The van der Waals surface area contributed by atoms with Crippen LogP contribution in [0.2, 0.25) is 0 Å². The minimum atomic E-state index is -0.961. The molecule has 0 saturated heterocycles. The number of amides is 8. The number of hydrogen-bond acceptors (Lipinski definition) is 13. The van der Waals surface area contributed by atoms with Gasteiger partial charge < -0.3 is 50.4 Å². The Morgan fingerprint density at radius 2 is 1.28 bits per heavy atom. The Morgan fingerprint density at radius 3 is 1.89 bits per heavy atom. The van der Waals surface area contributed by atoms with E-state index in [-0.39, 0.29) is 61.6 Å². The summed E-state index contributed by atoms with van der Waals surface area (Å²) in [5.74, 6) is -1.17. The molecule has 8 amide bonds. The Balaban J connectivity index is 1.01. The van der Waals surface area contributed by atoms with Crippen molar-refractivity contribution in [1.82, 2.24) is 31.5 Å². The van der Waals surface area contributed by atoms with Crippen molar-refractivity contribution in [3.05, 3.63) is 89.0 Å². The zero-order chi connectivity index (χ0) is 55.6. The summed E-state index contributed by atoms with van der Waals surface area (Å²) < 4.78 is 21.5. The number of nitrogens with zero attached hydrogens (tertiary/aromatic N) is 2. The molecule has 21 heteroatoms. The molecule has 3 aromatic rings. The highest BCUT2D eigenvalue weighted by atomic mass is 16.6. The monoisotopic (exact) mass is 1050 g/mol. The van der Waals surface area contributed by atoms with Crippen molar-refractivity contribution in [3.63, 3.8) is 0 Å². The van der Waals surface area contributed by atoms with Crippen LogP contribution in [0.5, 0.6) is 5.75 Å². The summed E-state index contributed by atoms with van der Waals surface area (Å²) in [5, 5.41) is 18.9. The highest BCUT2D eigenvalue weighted by Gasteiger charge is 2.34. The lowest BCUT2D eigenvalue weighted by molar-refractivity contribution is -0.123. The molecule has 1 aliphatic carbocycles. The summed E-state index contributed by atoms with van der Waals surface area (Å²) in [6.45, 7) is 16.4. The maximum atomic E-state index is 13.6. The largest absolute Gasteiger partial charge is 0.482 e. The molecular formula is C55H75N9O12. The lowest BCUT2D eigenvalue weighted by atomic mass is 10.1. The minimum Gasteiger partial charge on any atom is -0.482 e. The molecular weight excluding hydrogens is 979 g/mol. The van der Waals surface area contributed by atoms with E-state index in [9.17, 15) is 38.4 Å². The number of rotatable bonds is 21. The molecule has 76 heavy (non-hydrogen) atoms. The van der Waals surface area contributed by atoms with Crippen molar-refractivity contribution in [1.29, 1.82) is 0 Å². The van der Waals surface area contributed by atoms with E-state index in [0.29, 0.717) is 59.9 Å². The fourth-order valence-electron chi connectivity index (χ4n) is 7.56. The number of unbranched alkanes of at least 4 members (excludes halogenated alkanes) is 4. The topological polar surface area (TPSA) is 273 Å². The standard InChI is InChI=1S/C55H75N9O12/c1-53(2,3)74-50(70)61-42(19-16-30-58-49(62-51(71)75-54(4,5)6)63-52(72)76-55(7,8)9)47(68)57-29-14-12-10-11-13-28-56-45(66)37-17-15-18-39(31-37)59-46(67)36-22-20-35(21-23-36)33-64(40-25-26-40)48(69)38-24-27-41-43(32-38)73-34-44(65)60-41/h15,17-18,20-24,27,31-32,40,42H,10-14,16,19,25-26,28-30,33-34H2,1-9H3,(H,56,66)(H,57,68)(H,59,67)(H,60,65)(H,61,70)(H2,58,62,63,71,72)/t42-/m0/s1. The third-order valence-electron chi connectivity index (χ3n) is 11.2. The molecule has 0 bridgehead atoms. The second-order valence-electron chi connectivity index (χ2n) is 21.6. The first-order valence-corrected chi connectivity index (χ1v) is 25.8. The van der Waals surface area contributed by atoms with E-state index in [0.717, 1.165) is 44.1 Å². The lowest BCUT2D eigenvalue weighted by Crippen LogP contribution is -2.48. The first-order chi connectivity index (χ1) is 35.8. The van der Waals surface area contributed by atoms with Gasteiger partial charge in [0.2, 0.25) is 11.9 Å². The maximum absolute atomic E-state index is 13.6. The molecule has 412 valence electrons. The summed E-state index contributed by atoms with van der Waals surface area (Å²) in [7, 11) is 0. The molecule has 1 heterocycles. The predicted octanol–water partition coefficient (Wildman–Crippen LogP) is 7.95. The molecule has 1 atom stereocenters. The van der Waals surface area contributed by atoms with Gasteiger partial charge in [0.15, 0.2) is 6.61 Å². The average molecular weight is 1050 g/mol. The van der Waals surface area contributed by atoms with E-state index >= 15 is 0 Å². The second kappa shape index (κ2) is 27.2. The number of aliphatic imine (C=N–C) groups is 1. The summed E-state index contributed by atoms with van der Waals surface area (Å²) in [6, 6.07) is 17.9. The Morgan fingerprint density at radius 1 is 0.684 bits per heavy atom. The number of fused-ring (bicyclic) bond motifs is 1. The molecule has 0 aromatic heterocycles. The highest BCUT2D eigenvalue weighted by molar-refractivity contribution is 6.05. The first-order valence-electron chi connectivity index (χ1n) is 25.8. The van der Waals surface area contributed by atoms with Gasteiger partial charge in [-0.1, -0.05) is 37.5 Å². The van der Waals surface area contributed by atoms with E-state index in [4.69, 9.17) is 18.9 Å². The predicted molar refractivity (Wildman–Crippen MR) is 286 cm³/mol. The third kappa shape index (κ3) is 21.3. The molecule has 1 aliphatic heterocycles. The zero-order valence-corrected chi connectivity index (χ0v) is 45.2. The van der Waals surface area contributed by atoms with E-state index < -0.39 is 47.0 Å². The van der Waals surface area contributed by atoms with Crippen molar-refractivity contribution in [2.75, 3.05) is 36.9 Å². The fourth-order valence-corrected chi connectivity index (χ4v) is 7.56. The molecule has 0 unspecified atom stereocenters. The van der Waals surface area contributed by atoms with Crippen LogP contribution in [0.25, 0.3) is 0 Å². The molecule has 7 N–H and O–H groups in total. The molecule has 1 fully saturated rings. The van der Waals surface area contributed by atoms with Gasteiger partial charge in [0.1, 0.15) is 28.6 Å². The number of carbonyl (C=O) groups is 8.